The Morgan fingerprint density at radius 1 is 0.440 bits per heavy atom. The molecule has 0 fully saturated rings. The Bertz CT molecular complexity index is 2810. The predicted molar refractivity (Wildman–Crippen MR) is 203 cm³/mol. The first kappa shape index (κ1) is 27.4. The Hall–Kier alpha value is -6.58. The molecule has 1 aliphatic carbocycles. The minimum Gasteiger partial charge on any atom is -0.456 e. The Kier molecular flexibility index (Phi) is 5.59. The van der Waals surface area contributed by atoms with Crippen molar-refractivity contribution in [1.82, 2.24) is 0 Å². The summed E-state index contributed by atoms with van der Waals surface area (Å²) in [6.07, 6.45) is 0. The Morgan fingerprint density at radius 2 is 1.16 bits per heavy atom. The smallest absolute Gasteiger partial charge is 0.140 e. The van der Waals surface area contributed by atoms with Crippen molar-refractivity contribution in [3.05, 3.63) is 198 Å². The molecule has 3 heteroatoms. The first-order valence-electron chi connectivity index (χ1n) is 17.1. The largest absolute Gasteiger partial charge is 0.456 e. The monoisotopic (exact) mass is 639 g/mol. The number of rotatable bonds is 3. The van der Waals surface area contributed by atoms with E-state index in [2.05, 4.69) is 169 Å². The second-order valence-electron chi connectivity index (χ2n) is 13.2. The van der Waals surface area contributed by atoms with Gasteiger partial charge in [-0.2, -0.15) is 0 Å². The molecule has 50 heavy (non-hydrogen) atoms. The van der Waals surface area contributed by atoms with Gasteiger partial charge in [-0.05, 0) is 70.6 Å². The number of furan rings is 1. The first-order chi connectivity index (χ1) is 24.8. The van der Waals surface area contributed by atoms with Gasteiger partial charge in [0.05, 0.1) is 11.1 Å². The molecule has 2 heterocycles. The molecule has 9 aromatic rings. The van der Waals surface area contributed by atoms with E-state index in [9.17, 15) is 0 Å². The lowest BCUT2D eigenvalue weighted by Crippen LogP contribution is -2.32. The maximum Gasteiger partial charge on any atom is 0.140 e. The van der Waals surface area contributed by atoms with Gasteiger partial charge in [-0.15, -0.1) is 0 Å². The van der Waals surface area contributed by atoms with Crippen LogP contribution in [0.15, 0.2) is 180 Å². The fourth-order valence-electron chi connectivity index (χ4n) is 8.70. The average Bonchev–Trinajstić information content (AvgIpc) is 3.70. The van der Waals surface area contributed by atoms with Crippen LogP contribution in [0, 0.1) is 0 Å². The number of benzene rings is 8. The molecule has 0 saturated carbocycles. The van der Waals surface area contributed by atoms with E-state index in [0.29, 0.717) is 0 Å². The predicted octanol–water partition coefficient (Wildman–Crippen LogP) is 12.7. The molecule has 1 atom stereocenters. The Morgan fingerprint density at radius 3 is 2.08 bits per heavy atom. The summed E-state index contributed by atoms with van der Waals surface area (Å²) >= 11 is 0. The standard InChI is InChI=1S/C47H29NO2/c1-2-14-31(15-3-1)48(32-26-28-43-36(29-32)34-17-7-10-23-42(34)49-43)41-22-12-21-39-45(41)35-18-6-8-19-37(35)47(39)38-20-9-11-24-44(38)50-46-33-16-5-4-13-30(33)25-27-40(46)47/h1-29H. The van der Waals surface area contributed by atoms with E-state index in [1.807, 2.05) is 12.1 Å². The quantitative estimate of drug-likeness (QED) is 0.192. The summed E-state index contributed by atoms with van der Waals surface area (Å²) in [5.74, 6) is 1.81. The summed E-state index contributed by atoms with van der Waals surface area (Å²) < 4.78 is 13.1. The Labute approximate surface area is 289 Å². The van der Waals surface area contributed by atoms with Crippen LogP contribution < -0.4 is 9.64 Å². The van der Waals surface area contributed by atoms with Crippen molar-refractivity contribution in [3.63, 3.8) is 0 Å². The molecule has 0 N–H and O–H groups in total. The molecule has 0 bridgehead atoms. The highest BCUT2D eigenvalue weighted by Crippen LogP contribution is 2.64. The van der Waals surface area contributed by atoms with Crippen LogP contribution in [0.5, 0.6) is 11.5 Å². The molecule has 11 rings (SSSR count). The van der Waals surface area contributed by atoms with Gasteiger partial charge in [0.1, 0.15) is 22.7 Å². The van der Waals surface area contributed by atoms with E-state index in [0.717, 1.165) is 67.0 Å². The summed E-state index contributed by atoms with van der Waals surface area (Å²) in [4.78, 5) is 2.41. The second kappa shape index (κ2) is 10.2. The molecule has 2 aliphatic rings. The summed E-state index contributed by atoms with van der Waals surface area (Å²) in [5.41, 5.74) is 11.8. The molecule has 1 unspecified atom stereocenters. The van der Waals surface area contributed by atoms with Crippen molar-refractivity contribution in [2.24, 2.45) is 0 Å². The SMILES string of the molecule is c1ccc(N(c2ccc3oc4ccccc4c3c2)c2cccc3c2-c2ccccc2C32c3ccccc3Oc3c2ccc2ccccc32)cc1. The molecule has 8 aromatic carbocycles. The third-order valence-electron chi connectivity index (χ3n) is 10.7. The molecule has 0 amide bonds. The van der Waals surface area contributed by atoms with Crippen molar-refractivity contribution >= 4 is 49.8 Å². The lowest BCUT2D eigenvalue weighted by atomic mass is 9.65. The lowest BCUT2D eigenvalue weighted by Gasteiger charge is -2.40. The van der Waals surface area contributed by atoms with E-state index in [1.165, 1.54) is 27.6 Å². The van der Waals surface area contributed by atoms with Gasteiger partial charge in [0, 0.05) is 44.2 Å². The van der Waals surface area contributed by atoms with Gasteiger partial charge in [0.2, 0.25) is 0 Å². The number of hydrogen-bond acceptors (Lipinski definition) is 3. The first-order valence-corrected chi connectivity index (χ1v) is 17.1. The normalized spacial score (nSPS) is 15.4. The van der Waals surface area contributed by atoms with Crippen LogP contribution in [-0.4, -0.2) is 0 Å². The van der Waals surface area contributed by atoms with Crippen molar-refractivity contribution < 1.29 is 9.15 Å². The minimum absolute atomic E-state index is 0.580. The third kappa shape index (κ3) is 3.58. The number of anilines is 3. The molecule has 1 aliphatic heterocycles. The fourth-order valence-corrected chi connectivity index (χ4v) is 8.70. The van der Waals surface area contributed by atoms with Crippen LogP contribution in [0.1, 0.15) is 22.3 Å². The topological polar surface area (TPSA) is 25.6 Å². The number of nitrogens with zero attached hydrogens (tertiary/aromatic N) is 1. The zero-order chi connectivity index (χ0) is 32.8. The van der Waals surface area contributed by atoms with Gasteiger partial charge in [-0.25, -0.2) is 0 Å². The highest BCUT2D eigenvalue weighted by Gasteiger charge is 2.52. The highest BCUT2D eigenvalue weighted by atomic mass is 16.5. The van der Waals surface area contributed by atoms with Crippen molar-refractivity contribution in [3.8, 4) is 22.6 Å². The van der Waals surface area contributed by atoms with E-state index in [4.69, 9.17) is 9.15 Å². The second-order valence-corrected chi connectivity index (χ2v) is 13.2. The van der Waals surface area contributed by atoms with Crippen molar-refractivity contribution in [1.29, 1.82) is 0 Å². The molecule has 1 aromatic heterocycles. The van der Waals surface area contributed by atoms with Crippen molar-refractivity contribution in [2.45, 2.75) is 5.41 Å². The maximum absolute atomic E-state index is 6.87. The van der Waals surface area contributed by atoms with E-state index in [1.54, 1.807) is 0 Å². The highest BCUT2D eigenvalue weighted by molar-refractivity contribution is 6.07. The van der Waals surface area contributed by atoms with Crippen molar-refractivity contribution in [2.75, 3.05) is 4.90 Å². The van der Waals surface area contributed by atoms with Gasteiger partial charge >= 0.3 is 0 Å². The molecule has 3 nitrogen and oxygen atoms in total. The van der Waals surface area contributed by atoms with Gasteiger partial charge in [0.25, 0.3) is 0 Å². The summed E-state index contributed by atoms with van der Waals surface area (Å²) in [7, 11) is 0. The van der Waals surface area contributed by atoms with Gasteiger partial charge in [-0.1, -0.05) is 127 Å². The third-order valence-corrected chi connectivity index (χ3v) is 10.7. The van der Waals surface area contributed by atoms with Crippen LogP contribution >= 0.6 is 0 Å². The molecule has 234 valence electrons. The number of hydrogen-bond donors (Lipinski definition) is 0. The van der Waals surface area contributed by atoms with Gasteiger partial charge in [-0.3, -0.25) is 0 Å². The number of para-hydroxylation sites is 3. The van der Waals surface area contributed by atoms with E-state index >= 15 is 0 Å². The molecule has 0 radical (unpaired) electrons. The average molecular weight is 640 g/mol. The fraction of sp³-hybridized carbons (Fsp3) is 0.0213. The summed E-state index contributed by atoms with van der Waals surface area (Å²) in [6, 6.07) is 63.0. The molecular formula is C47H29NO2. The lowest BCUT2D eigenvalue weighted by molar-refractivity contribution is 0.441. The summed E-state index contributed by atoms with van der Waals surface area (Å²) in [5, 5.41) is 4.50. The number of fused-ring (bicyclic) bond motifs is 14. The van der Waals surface area contributed by atoms with Gasteiger partial charge < -0.3 is 14.1 Å². The van der Waals surface area contributed by atoms with Crippen LogP contribution in [0.2, 0.25) is 0 Å². The zero-order valence-corrected chi connectivity index (χ0v) is 27.0. The van der Waals surface area contributed by atoms with Crippen LogP contribution in [0.3, 0.4) is 0 Å². The van der Waals surface area contributed by atoms with Gasteiger partial charge in [0.15, 0.2) is 0 Å². The maximum atomic E-state index is 6.87. The van der Waals surface area contributed by atoms with Crippen LogP contribution in [-0.2, 0) is 5.41 Å². The molecular weight excluding hydrogens is 611 g/mol. The van der Waals surface area contributed by atoms with E-state index in [-0.39, 0.29) is 0 Å². The Balaban J connectivity index is 1.25. The molecule has 1 spiro atoms. The molecule has 0 saturated heterocycles. The van der Waals surface area contributed by atoms with Crippen LogP contribution in [0.4, 0.5) is 17.1 Å². The minimum atomic E-state index is -0.580. The van der Waals surface area contributed by atoms with Crippen LogP contribution in [0.25, 0.3) is 43.8 Å². The zero-order valence-electron chi connectivity index (χ0n) is 27.0. The van der Waals surface area contributed by atoms with E-state index < -0.39 is 5.41 Å². The number of ether oxygens (including phenoxy) is 1. The summed E-state index contributed by atoms with van der Waals surface area (Å²) in [6.45, 7) is 0.